The van der Waals surface area contributed by atoms with Crippen molar-refractivity contribution in [1.29, 1.82) is 0 Å². The number of aliphatic hydroxyl groups is 1. The fourth-order valence-electron chi connectivity index (χ4n) is 4.13. The van der Waals surface area contributed by atoms with Gasteiger partial charge in [-0.15, -0.1) is 0 Å². The first-order valence-corrected chi connectivity index (χ1v) is 9.64. The minimum Gasteiger partial charge on any atom is -0.394 e. The van der Waals surface area contributed by atoms with Gasteiger partial charge < -0.3 is 15.0 Å². The van der Waals surface area contributed by atoms with Crippen molar-refractivity contribution in [2.45, 2.75) is 31.7 Å². The molecule has 1 atom stereocenters. The number of H-pyrrole nitrogens is 1. The van der Waals surface area contributed by atoms with Crippen molar-refractivity contribution in [2.75, 3.05) is 13.2 Å². The highest BCUT2D eigenvalue weighted by Crippen LogP contribution is 2.33. The Morgan fingerprint density at radius 1 is 1.14 bits per heavy atom. The fraction of sp³-hybridized carbons (Fsp3) is 0.318. The number of fused-ring (bicyclic) bond motifs is 1. The maximum absolute atomic E-state index is 14.3. The lowest BCUT2D eigenvalue weighted by atomic mass is 10.0. The average molecular weight is 402 g/mol. The van der Waals surface area contributed by atoms with Crippen molar-refractivity contribution in [3.05, 3.63) is 59.4 Å². The van der Waals surface area contributed by atoms with E-state index in [2.05, 4.69) is 4.98 Å². The van der Waals surface area contributed by atoms with Crippen LogP contribution in [0.15, 0.2) is 36.4 Å². The molecule has 0 unspecified atom stereocenters. The van der Waals surface area contributed by atoms with Gasteiger partial charge in [-0.25, -0.2) is 13.2 Å². The number of nitrogens with zero attached hydrogens (tertiary/aromatic N) is 1. The molecule has 1 fully saturated rings. The minimum atomic E-state index is -0.721. The zero-order valence-electron chi connectivity index (χ0n) is 15.7. The van der Waals surface area contributed by atoms with E-state index in [-0.39, 0.29) is 36.9 Å². The predicted molar refractivity (Wildman–Crippen MR) is 104 cm³/mol. The second-order valence-electron chi connectivity index (χ2n) is 7.36. The molecule has 1 amide bonds. The number of aryl methyl sites for hydroxylation is 1. The Bertz CT molecular complexity index is 1050. The van der Waals surface area contributed by atoms with E-state index in [1.165, 1.54) is 18.2 Å². The lowest BCUT2D eigenvalue weighted by Gasteiger charge is -2.23. The van der Waals surface area contributed by atoms with Crippen LogP contribution in [-0.4, -0.2) is 40.1 Å². The topological polar surface area (TPSA) is 56.3 Å². The van der Waals surface area contributed by atoms with Crippen LogP contribution >= 0.6 is 0 Å². The van der Waals surface area contributed by atoms with Crippen LogP contribution < -0.4 is 0 Å². The summed E-state index contributed by atoms with van der Waals surface area (Å²) in [7, 11) is 0. The molecule has 3 aromatic rings. The van der Waals surface area contributed by atoms with Gasteiger partial charge in [0.1, 0.15) is 17.5 Å². The predicted octanol–water partition coefficient (Wildman–Crippen LogP) is 4.17. The van der Waals surface area contributed by atoms with Crippen LogP contribution in [0.1, 0.15) is 24.8 Å². The monoisotopic (exact) mass is 402 g/mol. The zero-order chi connectivity index (χ0) is 20.5. The molecule has 0 spiro atoms. The van der Waals surface area contributed by atoms with Crippen molar-refractivity contribution in [3.63, 3.8) is 0 Å². The molecule has 4 rings (SSSR count). The summed E-state index contributed by atoms with van der Waals surface area (Å²) in [6, 6.07) is 7.58. The Balaban J connectivity index is 1.70. The lowest BCUT2D eigenvalue weighted by molar-refractivity contribution is -0.132. The van der Waals surface area contributed by atoms with Crippen LogP contribution in [0.2, 0.25) is 0 Å². The van der Waals surface area contributed by atoms with E-state index in [0.717, 1.165) is 18.9 Å². The SMILES string of the molecule is O=C(CCc1c(-c2ccc(F)cc2)[nH]c2c(F)cc(F)cc12)N1CCC[C@H]1CO. The molecule has 2 heterocycles. The van der Waals surface area contributed by atoms with E-state index in [1.54, 1.807) is 17.0 Å². The number of aliphatic hydroxyl groups excluding tert-OH is 1. The number of hydrogen-bond acceptors (Lipinski definition) is 2. The van der Waals surface area contributed by atoms with Crippen LogP contribution in [0.4, 0.5) is 13.2 Å². The number of likely N-dealkylation sites (tertiary alicyclic amines) is 1. The largest absolute Gasteiger partial charge is 0.394 e. The summed E-state index contributed by atoms with van der Waals surface area (Å²) in [6.07, 6.45) is 2.03. The van der Waals surface area contributed by atoms with E-state index in [1.807, 2.05) is 0 Å². The summed E-state index contributed by atoms with van der Waals surface area (Å²) in [4.78, 5) is 17.3. The molecule has 29 heavy (non-hydrogen) atoms. The molecule has 7 heteroatoms. The van der Waals surface area contributed by atoms with Gasteiger partial charge in [0.05, 0.1) is 18.2 Å². The lowest BCUT2D eigenvalue weighted by Crippen LogP contribution is -2.37. The normalized spacial score (nSPS) is 16.7. The van der Waals surface area contributed by atoms with Crippen molar-refractivity contribution in [3.8, 4) is 11.3 Å². The Labute approximate surface area is 166 Å². The Morgan fingerprint density at radius 3 is 2.62 bits per heavy atom. The van der Waals surface area contributed by atoms with Gasteiger partial charge in [0.25, 0.3) is 0 Å². The van der Waals surface area contributed by atoms with E-state index in [9.17, 15) is 23.1 Å². The molecule has 1 aromatic heterocycles. The highest BCUT2D eigenvalue weighted by Gasteiger charge is 2.28. The van der Waals surface area contributed by atoms with Gasteiger partial charge in [-0.1, -0.05) is 0 Å². The summed E-state index contributed by atoms with van der Waals surface area (Å²) < 4.78 is 41.5. The molecule has 2 aromatic carbocycles. The average Bonchev–Trinajstić information content (AvgIpc) is 3.31. The van der Waals surface area contributed by atoms with Gasteiger partial charge in [-0.05, 0) is 60.7 Å². The Kier molecular flexibility index (Phi) is 5.32. The van der Waals surface area contributed by atoms with Crippen molar-refractivity contribution < 1.29 is 23.1 Å². The van der Waals surface area contributed by atoms with Gasteiger partial charge in [0.2, 0.25) is 5.91 Å². The zero-order valence-corrected chi connectivity index (χ0v) is 15.7. The maximum atomic E-state index is 14.3. The molecule has 1 aliphatic rings. The van der Waals surface area contributed by atoms with Crippen LogP contribution in [0.5, 0.6) is 0 Å². The maximum Gasteiger partial charge on any atom is 0.223 e. The second-order valence-corrected chi connectivity index (χ2v) is 7.36. The molecule has 0 bridgehead atoms. The van der Waals surface area contributed by atoms with E-state index >= 15 is 0 Å². The number of rotatable bonds is 5. The van der Waals surface area contributed by atoms with E-state index in [4.69, 9.17) is 0 Å². The Hall–Kier alpha value is -2.80. The number of aromatic amines is 1. The highest BCUT2D eigenvalue weighted by atomic mass is 19.1. The second kappa shape index (κ2) is 7.91. The number of benzene rings is 2. The van der Waals surface area contributed by atoms with Gasteiger partial charge in [0, 0.05) is 30.1 Å². The molecular formula is C22H21F3N2O2. The van der Waals surface area contributed by atoms with Gasteiger partial charge >= 0.3 is 0 Å². The molecule has 0 aliphatic carbocycles. The minimum absolute atomic E-state index is 0.0733. The third kappa shape index (κ3) is 3.74. The van der Waals surface area contributed by atoms with Crippen LogP contribution in [0, 0.1) is 17.5 Å². The van der Waals surface area contributed by atoms with Crippen molar-refractivity contribution in [2.24, 2.45) is 0 Å². The summed E-state index contributed by atoms with van der Waals surface area (Å²) in [6.45, 7) is 0.530. The number of carbonyl (C=O) groups excluding carboxylic acids is 1. The Morgan fingerprint density at radius 2 is 1.90 bits per heavy atom. The van der Waals surface area contributed by atoms with Crippen LogP contribution in [0.3, 0.4) is 0 Å². The summed E-state index contributed by atoms with van der Waals surface area (Å²) >= 11 is 0. The summed E-state index contributed by atoms with van der Waals surface area (Å²) in [5.74, 6) is -1.92. The molecule has 0 radical (unpaired) electrons. The molecule has 1 aliphatic heterocycles. The molecule has 4 nitrogen and oxygen atoms in total. The third-order valence-corrected chi connectivity index (χ3v) is 5.56. The fourth-order valence-corrected chi connectivity index (χ4v) is 4.13. The number of halogens is 3. The van der Waals surface area contributed by atoms with Crippen molar-refractivity contribution in [1.82, 2.24) is 9.88 Å². The van der Waals surface area contributed by atoms with Crippen LogP contribution in [-0.2, 0) is 11.2 Å². The highest BCUT2D eigenvalue weighted by molar-refractivity contribution is 5.92. The van der Waals surface area contributed by atoms with Gasteiger partial charge in [-0.2, -0.15) is 0 Å². The standard InChI is InChI=1S/C22H21F3N2O2/c23-14-5-3-13(4-6-14)21-17(18-10-15(24)11-19(25)22(18)26-21)7-8-20(29)27-9-1-2-16(27)12-28/h3-6,10-11,16,26,28H,1-2,7-9,12H2/t16-/m0/s1. The number of nitrogens with one attached hydrogen (secondary N) is 1. The number of amides is 1. The first kappa shape index (κ1) is 19.5. The van der Waals surface area contributed by atoms with Gasteiger partial charge in [-0.3, -0.25) is 4.79 Å². The first-order valence-electron chi connectivity index (χ1n) is 9.64. The smallest absolute Gasteiger partial charge is 0.223 e. The first-order chi connectivity index (χ1) is 14.0. The number of carbonyl (C=O) groups is 1. The number of hydrogen-bond donors (Lipinski definition) is 2. The molecular weight excluding hydrogens is 381 g/mol. The quantitative estimate of drug-likeness (QED) is 0.673. The molecule has 1 saturated heterocycles. The van der Waals surface area contributed by atoms with Crippen molar-refractivity contribution >= 4 is 16.8 Å². The van der Waals surface area contributed by atoms with E-state index in [0.29, 0.717) is 28.8 Å². The summed E-state index contributed by atoms with van der Waals surface area (Å²) in [5.41, 5.74) is 1.93. The van der Waals surface area contributed by atoms with Gasteiger partial charge in [0.15, 0.2) is 0 Å². The molecule has 0 saturated carbocycles. The number of aromatic nitrogens is 1. The van der Waals surface area contributed by atoms with E-state index < -0.39 is 17.5 Å². The molecule has 152 valence electrons. The van der Waals surface area contributed by atoms with Crippen LogP contribution in [0.25, 0.3) is 22.2 Å². The summed E-state index contributed by atoms with van der Waals surface area (Å²) in [5, 5.41) is 9.81. The molecule has 2 N–H and O–H groups in total. The third-order valence-electron chi connectivity index (χ3n) is 5.56.